The van der Waals surface area contributed by atoms with Crippen LogP contribution in [0.3, 0.4) is 0 Å². The van der Waals surface area contributed by atoms with E-state index in [4.69, 9.17) is 9.47 Å². The van der Waals surface area contributed by atoms with Crippen LogP contribution in [-0.2, 0) is 16.0 Å². The van der Waals surface area contributed by atoms with Gasteiger partial charge < -0.3 is 14.8 Å². The first kappa shape index (κ1) is 13.8. The van der Waals surface area contributed by atoms with Crippen molar-refractivity contribution in [2.75, 3.05) is 19.8 Å². The number of carbonyl (C=O) groups excluding carboxylic acids is 1. The molecule has 1 unspecified atom stereocenters. The average molecular weight is 264 g/mol. The van der Waals surface area contributed by atoms with Gasteiger partial charge in [0.1, 0.15) is 5.75 Å². The number of hydrogen-bond donors (Lipinski definition) is 1. The van der Waals surface area contributed by atoms with Crippen LogP contribution in [0, 0.1) is 6.92 Å². The summed E-state index contributed by atoms with van der Waals surface area (Å²) in [6.07, 6.45) is 1.66. The van der Waals surface area contributed by atoms with E-state index in [1.54, 1.807) is 0 Å². The number of ether oxygens (including phenoxy) is 2. The zero-order chi connectivity index (χ0) is 13.7. The van der Waals surface area contributed by atoms with E-state index in [1.165, 1.54) is 0 Å². The van der Waals surface area contributed by atoms with Gasteiger partial charge in [0.15, 0.2) is 6.61 Å². The molecule has 1 fully saturated rings. The molecule has 1 amide bonds. The summed E-state index contributed by atoms with van der Waals surface area (Å²) in [5, 5.41) is 2.89. The van der Waals surface area contributed by atoms with E-state index in [0.717, 1.165) is 24.2 Å². The van der Waals surface area contributed by atoms with Crippen molar-refractivity contribution in [1.29, 1.82) is 0 Å². The highest BCUT2D eigenvalue weighted by molar-refractivity contribution is 5.77. The van der Waals surface area contributed by atoms with Crippen molar-refractivity contribution in [2.24, 2.45) is 0 Å². The number of aryl methyl sites for hydroxylation is 2. The van der Waals surface area contributed by atoms with E-state index in [9.17, 15) is 4.79 Å². The van der Waals surface area contributed by atoms with Gasteiger partial charge in [0.25, 0.3) is 5.91 Å². The van der Waals surface area contributed by atoms with Gasteiger partial charge in [-0.15, -0.1) is 0 Å². The summed E-state index contributed by atoms with van der Waals surface area (Å²) in [5.74, 6) is 0.573. The van der Waals surface area contributed by atoms with Crippen molar-refractivity contribution in [2.45, 2.75) is 32.7 Å². The monoisotopic (exact) mass is 264 g/mol. The lowest BCUT2D eigenvalue weighted by Gasteiger charge is -2.13. The van der Waals surface area contributed by atoms with Crippen molar-refractivity contribution < 1.29 is 14.3 Å². The van der Waals surface area contributed by atoms with Gasteiger partial charge in [-0.2, -0.15) is 0 Å². The third-order valence-electron chi connectivity index (χ3n) is 3.06. The highest BCUT2D eigenvalue weighted by Crippen LogP contribution is 2.17. The van der Waals surface area contributed by atoms with Crippen LogP contribution in [0.1, 0.15) is 24.7 Å². The van der Waals surface area contributed by atoms with Gasteiger partial charge in [0, 0.05) is 12.3 Å². The van der Waals surface area contributed by atoms with E-state index in [2.05, 4.69) is 10.3 Å². The Labute approximate surface area is 113 Å². The predicted molar refractivity (Wildman–Crippen MR) is 71.2 cm³/mol. The van der Waals surface area contributed by atoms with Crippen LogP contribution in [0.25, 0.3) is 0 Å². The molecule has 0 spiro atoms. The minimum absolute atomic E-state index is 0.0221. The number of rotatable bonds is 5. The zero-order valence-electron chi connectivity index (χ0n) is 11.4. The molecule has 1 aliphatic heterocycles. The standard InChI is InChI=1S/C14H20N2O3/c1-3-12-13(5-4-10(2)15-12)19-9-14(17)16-11-6-7-18-8-11/h4-5,11H,3,6-9H2,1-2H3,(H,16,17). The Kier molecular flexibility index (Phi) is 4.74. The van der Waals surface area contributed by atoms with Gasteiger partial charge >= 0.3 is 0 Å². The number of nitrogens with zero attached hydrogens (tertiary/aromatic N) is 1. The van der Waals surface area contributed by atoms with E-state index >= 15 is 0 Å². The molecule has 1 saturated heterocycles. The summed E-state index contributed by atoms with van der Waals surface area (Å²) in [4.78, 5) is 16.1. The van der Waals surface area contributed by atoms with Gasteiger partial charge in [0.2, 0.25) is 0 Å². The third-order valence-corrected chi connectivity index (χ3v) is 3.06. The van der Waals surface area contributed by atoms with E-state index in [1.807, 2.05) is 26.0 Å². The van der Waals surface area contributed by atoms with Crippen molar-refractivity contribution >= 4 is 5.91 Å². The van der Waals surface area contributed by atoms with Crippen LogP contribution >= 0.6 is 0 Å². The first-order chi connectivity index (χ1) is 9.19. The number of nitrogens with one attached hydrogen (secondary N) is 1. The summed E-state index contributed by atoms with van der Waals surface area (Å²) in [7, 11) is 0. The molecule has 104 valence electrons. The SMILES string of the molecule is CCc1nc(C)ccc1OCC(=O)NC1CCOC1. The molecular weight excluding hydrogens is 244 g/mol. The van der Waals surface area contributed by atoms with Crippen molar-refractivity contribution in [3.05, 3.63) is 23.5 Å². The summed E-state index contributed by atoms with van der Waals surface area (Å²) in [6.45, 7) is 5.29. The largest absolute Gasteiger partial charge is 0.482 e. The Hall–Kier alpha value is -1.62. The summed E-state index contributed by atoms with van der Waals surface area (Å²) < 4.78 is 10.7. The Morgan fingerprint density at radius 2 is 2.42 bits per heavy atom. The van der Waals surface area contributed by atoms with Crippen LogP contribution in [0.5, 0.6) is 5.75 Å². The van der Waals surface area contributed by atoms with Gasteiger partial charge in [-0.25, -0.2) is 0 Å². The molecule has 0 saturated carbocycles. The fourth-order valence-electron chi connectivity index (χ4n) is 2.04. The molecule has 2 heterocycles. The van der Waals surface area contributed by atoms with Crippen LogP contribution < -0.4 is 10.1 Å². The fourth-order valence-corrected chi connectivity index (χ4v) is 2.04. The minimum Gasteiger partial charge on any atom is -0.482 e. The lowest BCUT2D eigenvalue weighted by molar-refractivity contribution is -0.123. The number of amides is 1. The van der Waals surface area contributed by atoms with Gasteiger partial charge in [-0.1, -0.05) is 6.92 Å². The highest BCUT2D eigenvalue weighted by Gasteiger charge is 2.18. The molecule has 0 aliphatic carbocycles. The average Bonchev–Trinajstić information content (AvgIpc) is 2.90. The Balaban J connectivity index is 1.85. The summed E-state index contributed by atoms with van der Waals surface area (Å²) in [6, 6.07) is 3.88. The van der Waals surface area contributed by atoms with E-state index < -0.39 is 0 Å². The van der Waals surface area contributed by atoms with E-state index in [-0.39, 0.29) is 18.6 Å². The number of aromatic nitrogens is 1. The molecule has 1 atom stereocenters. The highest BCUT2D eigenvalue weighted by atomic mass is 16.5. The molecule has 0 bridgehead atoms. The summed E-state index contributed by atoms with van der Waals surface area (Å²) >= 11 is 0. The second kappa shape index (κ2) is 6.52. The fraction of sp³-hybridized carbons (Fsp3) is 0.571. The number of hydrogen-bond acceptors (Lipinski definition) is 4. The molecule has 2 rings (SSSR count). The molecule has 0 radical (unpaired) electrons. The topological polar surface area (TPSA) is 60.5 Å². The van der Waals surface area contributed by atoms with Crippen LogP contribution in [-0.4, -0.2) is 36.8 Å². The molecule has 1 aliphatic rings. The predicted octanol–water partition coefficient (Wildman–Crippen LogP) is 1.24. The molecular formula is C14H20N2O3. The Morgan fingerprint density at radius 1 is 1.58 bits per heavy atom. The quantitative estimate of drug-likeness (QED) is 0.869. The van der Waals surface area contributed by atoms with Crippen molar-refractivity contribution in [3.63, 3.8) is 0 Å². The maximum atomic E-state index is 11.7. The van der Waals surface area contributed by atoms with Gasteiger partial charge in [-0.3, -0.25) is 9.78 Å². The minimum atomic E-state index is -0.113. The molecule has 1 aromatic rings. The van der Waals surface area contributed by atoms with Crippen LogP contribution in [0.15, 0.2) is 12.1 Å². The second-order valence-electron chi connectivity index (χ2n) is 4.67. The number of carbonyl (C=O) groups is 1. The second-order valence-corrected chi connectivity index (χ2v) is 4.67. The van der Waals surface area contributed by atoms with Gasteiger partial charge in [-0.05, 0) is 31.9 Å². The smallest absolute Gasteiger partial charge is 0.258 e. The molecule has 5 heteroatoms. The first-order valence-electron chi connectivity index (χ1n) is 6.65. The summed E-state index contributed by atoms with van der Waals surface area (Å²) in [5.41, 5.74) is 1.84. The molecule has 1 N–H and O–H groups in total. The lowest BCUT2D eigenvalue weighted by atomic mass is 10.2. The first-order valence-corrected chi connectivity index (χ1v) is 6.65. The zero-order valence-corrected chi connectivity index (χ0v) is 11.4. The molecule has 0 aromatic carbocycles. The van der Waals surface area contributed by atoms with Crippen LogP contribution in [0.2, 0.25) is 0 Å². The van der Waals surface area contributed by atoms with Crippen molar-refractivity contribution in [3.8, 4) is 5.75 Å². The third kappa shape index (κ3) is 3.92. The Morgan fingerprint density at radius 3 is 3.11 bits per heavy atom. The molecule has 19 heavy (non-hydrogen) atoms. The van der Waals surface area contributed by atoms with E-state index in [0.29, 0.717) is 19.0 Å². The maximum absolute atomic E-state index is 11.7. The molecule has 1 aromatic heterocycles. The van der Waals surface area contributed by atoms with Crippen LogP contribution in [0.4, 0.5) is 0 Å². The lowest BCUT2D eigenvalue weighted by Crippen LogP contribution is -2.38. The normalized spacial score (nSPS) is 18.3. The van der Waals surface area contributed by atoms with Crippen molar-refractivity contribution in [1.82, 2.24) is 10.3 Å². The maximum Gasteiger partial charge on any atom is 0.258 e. The van der Waals surface area contributed by atoms with Gasteiger partial charge in [0.05, 0.1) is 18.3 Å². The molecule has 5 nitrogen and oxygen atoms in total. The Bertz CT molecular complexity index is 442. The number of pyridine rings is 1.